The van der Waals surface area contributed by atoms with Crippen molar-refractivity contribution < 1.29 is 22.4 Å². The summed E-state index contributed by atoms with van der Waals surface area (Å²) in [5.41, 5.74) is 2.27. The van der Waals surface area contributed by atoms with Crippen LogP contribution in [0.4, 0.5) is 5.82 Å². The van der Waals surface area contributed by atoms with E-state index in [0.717, 1.165) is 0 Å². The molecule has 1 aromatic carbocycles. The first kappa shape index (κ1) is 22.0. The first-order valence-corrected chi connectivity index (χ1v) is 11.8. The fourth-order valence-electron chi connectivity index (χ4n) is 3.70. The van der Waals surface area contributed by atoms with Crippen molar-refractivity contribution in [3.05, 3.63) is 53.1 Å². The van der Waals surface area contributed by atoms with Crippen LogP contribution in [0.1, 0.15) is 47.3 Å². The van der Waals surface area contributed by atoms with Crippen LogP contribution in [0.2, 0.25) is 0 Å². The Labute approximate surface area is 185 Å². The number of aromatic nitrogens is 2. The van der Waals surface area contributed by atoms with Gasteiger partial charge in [-0.25, -0.2) is 13.1 Å². The number of aryl methyl sites for hydroxylation is 3. The van der Waals surface area contributed by atoms with Crippen LogP contribution in [0.25, 0.3) is 11.1 Å². The van der Waals surface area contributed by atoms with Crippen molar-refractivity contribution in [2.24, 2.45) is 0 Å². The van der Waals surface area contributed by atoms with Crippen LogP contribution in [0.15, 0.2) is 39.6 Å². The van der Waals surface area contributed by atoms with Crippen molar-refractivity contribution in [2.75, 3.05) is 5.32 Å². The van der Waals surface area contributed by atoms with Crippen LogP contribution < -0.4 is 10.0 Å². The van der Waals surface area contributed by atoms with Gasteiger partial charge in [0.05, 0.1) is 17.1 Å². The summed E-state index contributed by atoms with van der Waals surface area (Å²) in [7, 11) is -3.85. The van der Waals surface area contributed by atoms with Gasteiger partial charge in [0.1, 0.15) is 17.3 Å². The molecule has 32 heavy (non-hydrogen) atoms. The number of sulfonamides is 1. The van der Waals surface area contributed by atoms with Gasteiger partial charge in [0.25, 0.3) is 0 Å². The molecule has 9 nitrogen and oxygen atoms in total. The Morgan fingerprint density at radius 2 is 1.94 bits per heavy atom. The molecule has 0 saturated carbocycles. The van der Waals surface area contributed by atoms with Gasteiger partial charge in [-0.3, -0.25) is 9.59 Å². The molecule has 1 aliphatic rings. The lowest BCUT2D eigenvalue weighted by Gasteiger charge is -2.12. The lowest BCUT2D eigenvalue weighted by Crippen LogP contribution is -2.23. The highest BCUT2D eigenvalue weighted by molar-refractivity contribution is 7.89. The van der Waals surface area contributed by atoms with Crippen molar-refractivity contribution >= 4 is 27.7 Å². The lowest BCUT2D eigenvalue weighted by atomic mass is 10.0. The number of nitrogens with one attached hydrogen (secondary N) is 2. The molecule has 3 heterocycles. The van der Waals surface area contributed by atoms with E-state index in [1.807, 2.05) is 6.92 Å². The second-order valence-electron chi connectivity index (χ2n) is 7.69. The van der Waals surface area contributed by atoms with Gasteiger partial charge in [-0.05, 0) is 49.6 Å². The van der Waals surface area contributed by atoms with Gasteiger partial charge in [-0.15, -0.1) is 0 Å². The minimum atomic E-state index is -3.85. The van der Waals surface area contributed by atoms with Gasteiger partial charge in [0, 0.05) is 18.4 Å². The van der Waals surface area contributed by atoms with Crippen molar-refractivity contribution in [3.8, 4) is 11.1 Å². The second kappa shape index (κ2) is 8.36. The topological polar surface area (TPSA) is 123 Å². The number of hydrogen-bond acceptors (Lipinski definition) is 6. The van der Waals surface area contributed by atoms with E-state index in [9.17, 15) is 18.0 Å². The summed E-state index contributed by atoms with van der Waals surface area (Å²) in [4.78, 5) is 24.7. The number of hydrogen-bond donors (Lipinski definition) is 2. The first-order chi connectivity index (χ1) is 15.2. The maximum atomic E-state index is 13.1. The molecule has 0 saturated heterocycles. The summed E-state index contributed by atoms with van der Waals surface area (Å²) >= 11 is 0. The fraction of sp³-hybridized carbons (Fsp3) is 0.318. The van der Waals surface area contributed by atoms with E-state index in [-0.39, 0.29) is 41.9 Å². The molecule has 1 aliphatic heterocycles. The molecule has 0 aliphatic carbocycles. The number of rotatable bonds is 6. The van der Waals surface area contributed by atoms with E-state index in [1.165, 1.54) is 4.68 Å². The smallest absolute Gasteiger partial charge is 0.249 e. The zero-order valence-corrected chi connectivity index (χ0v) is 18.9. The summed E-state index contributed by atoms with van der Waals surface area (Å²) in [5, 5.41) is 7.15. The Hall–Kier alpha value is -3.24. The predicted octanol–water partition coefficient (Wildman–Crippen LogP) is 3.17. The van der Waals surface area contributed by atoms with Crippen molar-refractivity contribution in [1.82, 2.24) is 14.5 Å². The average Bonchev–Trinajstić information content (AvgIpc) is 3.30. The third kappa shape index (κ3) is 4.11. The largest absolute Gasteiger partial charge is 0.465 e. The van der Waals surface area contributed by atoms with Gasteiger partial charge in [0.2, 0.25) is 21.8 Å². The molecule has 10 heteroatoms. The Kier molecular flexibility index (Phi) is 5.74. The van der Waals surface area contributed by atoms with E-state index in [2.05, 4.69) is 15.1 Å². The highest BCUT2D eigenvalue weighted by atomic mass is 32.2. The molecule has 0 bridgehead atoms. The number of furan rings is 1. The van der Waals surface area contributed by atoms with Gasteiger partial charge in [-0.2, -0.15) is 9.78 Å². The second-order valence-corrected chi connectivity index (χ2v) is 9.43. The molecule has 0 unspecified atom stereocenters. The molecule has 0 atom stereocenters. The van der Waals surface area contributed by atoms with E-state index in [0.29, 0.717) is 40.3 Å². The number of benzene rings is 1. The monoisotopic (exact) mass is 456 g/mol. The minimum Gasteiger partial charge on any atom is -0.465 e. The number of carbonyl (C=O) groups excluding carboxylic acids is 2. The Morgan fingerprint density at radius 1 is 1.16 bits per heavy atom. The number of anilines is 1. The molecular weight excluding hydrogens is 432 g/mol. The summed E-state index contributed by atoms with van der Waals surface area (Å²) in [6.07, 6.45) is 0.643. The number of nitrogens with zero attached hydrogens (tertiary/aromatic N) is 2. The SMILES string of the molecule is CCc1nn2c(c1-c1ccc(C)c(S(=O)(=O)NCc3ccc(C)o3)c1)NC(=O)CCC2=O. The molecule has 0 spiro atoms. The van der Waals surface area contributed by atoms with Gasteiger partial charge in [0.15, 0.2) is 0 Å². The summed E-state index contributed by atoms with van der Waals surface area (Å²) in [6.45, 7) is 5.40. The van der Waals surface area contributed by atoms with Gasteiger partial charge >= 0.3 is 0 Å². The first-order valence-electron chi connectivity index (χ1n) is 10.3. The normalized spacial score (nSPS) is 14.2. The fourth-order valence-corrected chi connectivity index (χ4v) is 4.96. The Balaban J connectivity index is 1.76. The number of fused-ring (bicyclic) bond motifs is 1. The Morgan fingerprint density at radius 3 is 2.62 bits per heavy atom. The van der Waals surface area contributed by atoms with Crippen molar-refractivity contribution in [2.45, 2.75) is 51.5 Å². The van der Waals surface area contributed by atoms with Crippen LogP contribution >= 0.6 is 0 Å². The maximum Gasteiger partial charge on any atom is 0.249 e. The third-order valence-electron chi connectivity index (χ3n) is 5.35. The number of carbonyl (C=O) groups is 2. The van der Waals surface area contributed by atoms with Gasteiger partial charge < -0.3 is 9.73 Å². The molecule has 1 amide bonds. The molecule has 0 fully saturated rings. The van der Waals surface area contributed by atoms with Crippen LogP contribution in [-0.4, -0.2) is 30.0 Å². The molecule has 0 radical (unpaired) electrons. The van der Waals surface area contributed by atoms with E-state index in [4.69, 9.17) is 4.42 Å². The summed E-state index contributed by atoms with van der Waals surface area (Å²) < 4.78 is 35.3. The summed E-state index contributed by atoms with van der Waals surface area (Å²) in [5.74, 6) is 0.922. The van der Waals surface area contributed by atoms with Crippen LogP contribution in [0, 0.1) is 13.8 Å². The van der Waals surface area contributed by atoms with Crippen molar-refractivity contribution in [1.29, 1.82) is 0 Å². The Bertz CT molecular complexity index is 1320. The molecule has 2 N–H and O–H groups in total. The van der Waals surface area contributed by atoms with E-state index >= 15 is 0 Å². The van der Waals surface area contributed by atoms with E-state index < -0.39 is 10.0 Å². The minimum absolute atomic E-state index is 0.0216. The summed E-state index contributed by atoms with van der Waals surface area (Å²) in [6, 6.07) is 8.50. The van der Waals surface area contributed by atoms with Crippen LogP contribution in [0.3, 0.4) is 0 Å². The lowest BCUT2D eigenvalue weighted by molar-refractivity contribution is -0.116. The standard InChI is InChI=1S/C22H24N4O5S/c1-4-17-21(22-24-19(27)9-10-20(28)26(22)25-17)15-7-5-13(2)18(11-15)32(29,30)23-12-16-8-6-14(3)31-16/h5-8,11,23H,4,9-10,12H2,1-3H3,(H,24,27). The predicted molar refractivity (Wildman–Crippen MR) is 118 cm³/mol. The van der Waals surface area contributed by atoms with E-state index in [1.54, 1.807) is 44.2 Å². The quantitative estimate of drug-likeness (QED) is 0.587. The zero-order chi connectivity index (χ0) is 23.0. The molecule has 168 valence electrons. The molecule has 2 aromatic heterocycles. The van der Waals surface area contributed by atoms with Crippen molar-refractivity contribution in [3.63, 3.8) is 0 Å². The third-order valence-corrected chi connectivity index (χ3v) is 6.89. The highest BCUT2D eigenvalue weighted by Crippen LogP contribution is 2.35. The maximum absolute atomic E-state index is 13.1. The number of amides is 1. The average molecular weight is 457 g/mol. The van der Waals surface area contributed by atoms with Crippen LogP contribution in [0.5, 0.6) is 0 Å². The highest BCUT2D eigenvalue weighted by Gasteiger charge is 2.28. The molecule has 4 rings (SSSR count). The molecule has 3 aromatic rings. The van der Waals surface area contributed by atoms with Crippen LogP contribution in [-0.2, 0) is 27.8 Å². The zero-order valence-electron chi connectivity index (χ0n) is 18.1. The molecular formula is C22H24N4O5S. The van der Waals surface area contributed by atoms with Gasteiger partial charge in [-0.1, -0.05) is 19.1 Å².